The number of amides is 2. The normalized spacial score (nSPS) is 11.7. The number of nitrogens with one attached hydrogen (secondary N) is 2. The van der Waals surface area contributed by atoms with Gasteiger partial charge in [0.25, 0.3) is 0 Å². The number of hydrogen-bond acceptors (Lipinski definition) is 2. The molecule has 0 saturated heterocycles. The van der Waals surface area contributed by atoms with Gasteiger partial charge in [-0.2, -0.15) is 0 Å². The number of rotatable bonds is 4. The molecular formula is C18H18Cl2N2O2. The topological polar surface area (TPSA) is 58.2 Å². The lowest BCUT2D eigenvalue weighted by molar-refractivity contribution is -0.133. The standard InChI is InChI=1S/C18H18Cl2N2O2/c1-3-11(2)13-6-4-5-7-16(13)22-18(24)17(23)21-12-8-9-14(19)15(20)10-12/h4-11H,3H2,1-2H3,(H,21,23)(H,22,24). The van der Waals surface area contributed by atoms with Gasteiger partial charge >= 0.3 is 11.8 Å². The first kappa shape index (κ1) is 18.3. The third-order valence-electron chi connectivity index (χ3n) is 3.74. The van der Waals surface area contributed by atoms with Crippen molar-refractivity contribution in [3.8, 4) is 0 Å². The molecule has 1 unspecified atom stereocenters. The Hall–Kier alpha value is -2.04. The van der Waals surface area contributed by atoms with Gasteiger partial charge < -0.3 is 10.6 Å². The smallest absolute Gasteiger partial charge is 0.314 e. The number of hydrogen-bond donors (Lipinski definition) is 2. The molecule has 4 nitrogen and oxygen atoms in total. The van der Waals surface area contributed by atoms with Crippen molar-refractivity contribution in [3.63, 3.8) is 0 Å². The van der Waals surface area contributed by atoms with Gasteiger partial charge in [-0.3, -0.25) is 9.59 Å². The van der Waals surface area contributed by atoms with Crippen LogP contribution in [0, 0.1) is 0 Å². The minimum Gasteiger partial charge on any atom is -0.318 e. The minimum absolute atomic E-state index is 0.277. The molecule has 0 heterocycles. The van der Waals surface area contributed by atoms with Crippen molar-refractivity contribution >= 4 is 46.4 Å². The summed E-state index contributed by atoms with van der Waals surface area (Å²) in [6, 6.07) is 12.1. The number of anilines is 2. The molecule has 0 radical (unpaired) electrons. The molecule has 0 aliphatic carbocycles. The van der Waals surface area contributed by atoms with Crippen molar-refractivity contribution in [1.29, 1.82) is 0 Å². The van der Waals surface area contributed by atoms with Gasteiger partial charge in [-0.05, 0) is 42.2 Å². The van der Waals surface area contributed by atoms with E-state index in [1.165, 1.54) is 6.07 Å². The Bertz CT molecular complexity index is 762. The molecule has 0 spiro atoms. The number of para-hydroxylation sites is 1. The molecule has 1 atom stereocenters. The molecule has 0 aliphatic rings. The average Bonchev–Trinajstić information content (AvgIpc) is 2.58. The van der Waals surface area contributed by atoms with Crippen molar-refractivity contribution in [2.24, 2.45) is 0 Å². The van der Waals surface area contributed by atoms with E-state index in [0.29, 0.717) is 21.4 Å². The molecule has 2 aromatic carbocycles. The van der Waals surface area contributed by atoms with E-state index < -0.39 is 11.8 Å². The van der Waals surface area contributed by atoms with Crippen molar-refractivity contribution < 1.29 is 9.59 Å². The van der Waals surface area contributed by atoms with Gasteiger partial charge in [0.2, 0.25) is 0 Å². The van der Waals surface area contributed by atoms with E-state index in [2.05, 4.69) is 24.5 Å². The largest absolute Gasteiger partial charge is 0.318 e. The molecule has 2 amide bonds. The van der Waals surface area contributed by atoms with E-state index in [1.54, 1.807) is 18.2 Å². The maximum absolute atomic E-state index is 12.1. The van der Waals surface area contributed by atoms with Gasteiger partial charge in [-0.25, -0.2) is 0 Å². The van der Waals surface area contributed by atoms with E-state index >= 15 is 0 Å². The average molecular weight is 365 g/mol. The molecule has 24 heavy (non-hydrogen) atoms. The fourth-order valence-electron chi connectivity index (χ4n) is 2.20. The zero-order valence-electron chi connectivity index (χ0n) is 13.4. The summed E-state index contributed by atoms with van der Waals surface area (Å²) in [5.74, 6) is -1.23. The lowest BCUT2D eigenvalue weighted by Gasteiger charge is -2.15. The van der Waals surface area contributed by atoms with Gasteiger partial charge in [0.1, 0.15) is 0 Å². The number of carbonyl (C=O) groups is 2. The van der Waals surface area contributed by atoms with Crippen molar-refractivity contribution in [1.82, 2.24) is 0 Å². The van der Waals surface area contributed by atoms with E-state index in [9.17, 15) is 9.59 Å². The number of halogens is 2. The highest BCUT2D eigenvalue weighted by molar-refractivity contribution is 6.44. The SMILES string of the molecule is CCC(C)c1ccccc1NC(=O)C(=O)Nc1ccc(Cl)c(Cl)c1. The summed E-state index contributed by atoms with van der Waals surface area (Å²) in [4.78, 5) is 24.2. The minimum atomic E-state index is -0.771. The Labute approximate surface area is 151 Å². The number of carbonyl (C=O) groups excluding carboxylic acids is 2. The Balaban J connectivity index is 2.09. The highest BCUT2D eigenvalue weighted by atomic mass is 35.5. The summed E-state index contributed by atoms with van der Waals surface area (Å²) in [5.41, 5.74) is 2.04. The second kappa shape index (κ2) is 8.18. The summed E-state index contributed by atoms with van der Waals surface area (Å²) >= 11 is 11.7. The lowest BCUT2D eigenvalue weighted by atomic mass is 9.97. The van der Waals surface area contributed by atoms with Crippen LogP contribution >= 0.6 is 23.2 Å². The fraction of sp³-hybridized carbons (Fsp3) is 0.222. The lowest BCUT2D eigenvalue weighted by Crippen LogP contribution is -2.29. The van der Waals surface area contributed by atoms with Gasteiger partial charge in [0.15, 0.2) is 0 Å². The zero-order chi connectivity index (χ0) is 17.7. The summed E-state index contributed by atoms with van der Waals surface area (Å²) in [6.45, 7) is 4.14. The van der Waals surface area contributed by atoms with Crippen LogP contribution in [0.15, 0.2) is 42.5 Å². The predicted molar refractivity (Wildman–Crippen MR) is 98.9 cm³/mol. The summed E-state index contributed by atoms with van der Waals surface area (Å²) in [5, 5.41) is 5.84. The van der Waals surface area contributed by atoms with Crippen molar-refractivity contribution in [3.05, 3.63) is 58.1 Å². The van der Waals surface area contributed by atoms with Gasteiger partial charge in [0, 0.05) is 11.4 Å². The first-order valence-electron chi connectivity index (χ1n) is 7.58. The first-order chi connectivity index (χ1) is 11.4. The monoisotopic (exact) mass is 364 g/mol. The molecule has 0 bridgehead atoms. The van der Waals surface area contributed by atoms with E-state index in [0.717, 1.165) is 12.0 Å². The van der Waals surface area contributed by atoms with Crippen LogP contribution in [0.25, 0.3) is 0 Å². The van der Waals surface area contributed by atoms with Crippen molar-refractivity contribution in [2.75, 3.05) is 10.6 Å². The summed E-state index contributed by atoms with van der Waals surface area (Å²) in [6.07, 6.45) is 0.933. The van der Waals surface area contributed by atoms with E-state index in [4.69, 9.17) is 23.2 Å². The third kappa shape index (κ3) is 4.49. The van der Waals surface area contributed by atoms with Crippen LogP contribution < -0.4 is 10.6 Å². The van der Waals surface area contributed by atoms with Gasteiger partial charge in [-0.1, -0.05) is 55.2 Å². The number of benzene rings is 2. The first-order valence-corrected chi connectivity index (χ1v) is 8.34. The Kier molecular flexibility index (Phi) is 6.23. The summed E-state index contributed by atoms with van der Waals surface area (Å²) in [7, 11) is 0. The predicted octanol–water partition coefficient (Wildman–Crippen LogP) is 5.08. The Morgan fingerprint density at radius 2 is 1.67 bits per heavy atom. The van der Waals surface area contributed by atoms with Gasteiger partial charge in [0.05, 0.1) is 10.0 Å². The van der Waals surface area contributed by atoms with Gasteiger partial charge in [-0.15, -0.1) is 0 Å². The van der Waals surface area contributed by atoms with Crippen molar-refractivity contribution in [2.45, 2.75) is 26.2 Å². The van der Waals surface area contributed by atoms with Crippen LogP contribution in [0.3, 0.4) is 0 Å². The molecule has 0 aromatic heterocycles. The van der Waals surface area contributed by atoms with Crippen LogP contribution in [-0.4, -0.2) is 11.8 Å². The molecular weight excluding hydrogens is 347 g/mol. The highest BCUT2D eigenvalue weighted by Gasteiger charge is 2.17. The molecule has 6 heteroatoms. The van der Waals surface area contributed by atoms with Crippen LogP contribution in [0.5, 0.6) is 0 Å². The summed E-state index contributed by atoms with van der Waals surface area (Å²) < 4.78 is 0. The van der Waals surface area contributed by atoms with E-state index in [1.807, 2.05) is 18.2 Å². The molecule has 126 valence electrons. The molecule has 0 aliphatic heterocycles. The molecule has 2 rings (SSSR count). The Morgan fingerprint density at radius 3 is 2.33 bits per heavy atom. The second-order valence-corrected chi connectivity index (χ2v) is 6.25. The highest BCUT2D eigenvalue weighted by Crippen LogP contribution is 2.27. The molecule has 0 fully saturated rings. The second-order valence-electron chi connectivity index (χ2n) is 5.43. The maximum atomic E-state index is 12.1. The van der Waals surface area contributed by atoms with E-state index in [-0.39, 0.29) is 5.92 Å². The maximum Gasteiger partial charge on any atom is 0.314 e. The molecule has 2 aromatic rings. The third-order valence-corrected chi connectivity index (χ3v) is 4.48. The quantitative estimate of drug-likeness (QED) is 0.742. The zero-order valence-corrected chi connectivity index (χ0v) is 14.9. The molecule has 2 N–H and O–H groups in total. The van der Waals surface area contributed by atoms with Crippen LogP contribution in [0.1, 0.15) is 31.7 Å². The van der Waals surface area contributed by atoms with Crippen LogP contribution in [0.4, 0.5) is 11.4 Å². The molecule has 0 saturated carbocycles. The Morgan fingerprint density at radius 1 is 1.00 bits per heavy atom. The van der Waals surface area contributed by atoms with Crippen LogP contribution in [-0.2, 0) is 9.59 Å². The van der Waals surface area contributed by atoms with Crippen LogP contribution in [0.2, 0.25) is 10.0 Å². The fourth-order valence-corrected chi connectivity index (χ4v) is 2.50.